The highest BCUT2D eigenvalue weighted by Crippen LogP contribution is 2.09. The molecule has 0 fully saturated rings. The minimum Gasteiger partial charge on any atom is -0.354 e. The molecule has 0 saturated carbocycles. The van der Waals surface area contributed by atoms with Crippen LogP contribution in [0.4, 0.5) is 14.6 Å². The molecule has 1 aromatic rings. The van der Waals surface area contributed by atoms with Gasteiger partial charge < -0.3 is 4.90 Å². The second-order valence-corrected chi connectivity index (χ2v) is 2.79. The Morgan fingerprint density at radius 2 is 2.15 bits per heavy atom. The number of aromatic nitrogens is 2. The van der Waals surface area contributed by atoms with Gasteiger partial charge in [0.05, 0.1) is 6.54 Å². The third-order valence-electron chi connectivity index (χ3n) is 1.59. The summed E-state index contributed by atoms with van der Waals surface area (Å²) >= 11 is 0. The van der Waals surface area contributed by atoms with E-state index in [0.717, 1.165) is 5.69 Å². The lowest BCUT2D eigenvalue weighted by Crippen LogP contribution is -2.24. The van der Waals surface area contributed by atoms with Gasteiger partial charge in [-0.05, 0) is 6.92 Å². The van der Waals surface area contributed by atoms with E-state index >= 15 is 0 Å². The van der Waals surface area contributed by atoms with E-state index in [0.29, 0.717) is 5.82 Å². The van der Waals surface area contributed by atoms with Gasteiger partial charge in [-0.1, -0.05) is 0 Å². The first-order valence-electron chi connectivity index (χ1n) is 3.87. The Morgan fingerprint density at radius 1 is 1.46 bits per heavy atom. The molecule has 1 rings (SSSR count). The number of hydrogen-bond acceptors (Lipinski definition) is 3. The SMILES string of the molecule is Cc1cc(N(C)CC(F)F)ncn1. The van der Waals surface area contributed by atoms with Gasteiger partial charge in [-0.2, -0.15) is 0 Å². The monoisotopic (exact) mass is 187 g/mol. The molecule has 0 amide bonds. The lowest BCUT2D eigenvalue weighted by molar-refractivity contribution is 0.156. The molecular formula is C8H11F2N3. The number of halogens is 2. The topological polar surface area (TPSA) is 29.0 Å². The van der Waals surface area contributed by atoms with Crippen LogP contribution in [0.2, 0.25) is 0 Å². The molecule has 0 bridgehead atoms. The van der Waals surface area contributed by atoms with Gasteiger partial charge in [-0.3, -0.25) is 0 Å². The molecule has 13 heavy (non-hydrogen) atoms. The molecule has 0 aliphatic carbocycles. The van der Waals surface area contributed by atoms with Gasteiger partial charge in [0.25, 0.3) is 6.43 Å². The minimum absolute atomic E-state index is 0.309. The second kappa shape index (κ2) is 4.11. The summed E-state index contributed by atoms with van der Waals surface area (Å²) in [5, 5.41) is 0. The van der Waals surface area contributed by atoms with E-state index in [-0.39, 0.29) is 6.54 Å². The fourth-order valence-corrected chi connectivity index (χ4v) is 0.950. The number of rotatable bonds is 3. The fraction of sp³-hybridized carbons (Fsp3) is 0.500. The van der Waals surface area contributed by atoms with Crippen LogP contribution in [0.25, 0.3) is 0 Å². The summed E-state index contributed by atoms with van der Waals surface area (Å²) in [6, 6.07) is 1.67. The van der Waals surface area contributed by atoms with Gasteiger partial charge in [-0.15, -0.1) is 0 Å². The maximum absolute atomic E-state index is 12.0. The number of hydrogen-bond donors (Lipinski definition) is 0. The molecule has 0 atom stereocenters. The third kappa shape index (κ3) is 2.93. The molecule has 1 heterocycles. The molecule has 0 radical (unpaired) electrons. The van der Waals surface area contributed by atoms with Crippen molar-refractivity contribution in [2.75, 3.05) is 18.5 Å². The summed E-state index contributed by atoms with van der Waals surface area (Å²) in [5.41, 5.74) is 0.770. The fourth-order valence-electron chi connectivity index (χ4n) is 0.950. The quantitative estimate of drug-likeness (QED) is 0.717. The Labute approximate surface area is 75.4 Å². The Kier molecular flexibility index (Phi) is 3.11. The molecule has 0 unspecified atom stereocenters. The molecule has 0 N–H and O–H groups in total. The van der Waals surface area contributed by atoms with Crippen molar-refractivity contribution in [2.24, 2.45) is 0 Å². The average Bonchev–Trinajstić information content (AvgIpc) is 2.03. The van der Waals surface area contributed by atoms with Crippen LogP contribution in [0.3, 0.4) is 0 Å². The van der Waals surface area contributed by atoms with E-state index in [1.165, 1.54) is 11.2 Å². The van der Waals surface area contributed by atoms with Crippen molar-refractivity contribution in [2.45, 2.75) is 13.3 Å². The third-order valence-corrected chi connectivity index (χ3v) is 1.59. The van der Waals surface area contributed by atoms with Gasteiger partial charge in [0, 0.05) is 18.8 Å². The highest BCUT2D eigenvalue weighted by Gasteiger charge is 2.09. The van der Waals surface area contributed by atoms with Crippen molar-refractivity contribution in [1.82, 2.24) is 9.97 Å². The van der Waals surface area contributed by atoms with Gasteiger partial charge in [-0.25, -0.2) is 18.7 Å². The molecule has 0 aliphatic heterocycles. The Bertz CT molecular complexity index is 278. The predicted molar refractivity (Wildman–Crippen MR) is 46.0 cm³/mol. The lowest BCUT2D eigenvalue weighted by atomic mass is 10.4. The van der Waals surface area contributed by atoms with Crippen molar-refractivity contribution < 1.29 is 8.78 Å². The summed E-state index contributed by atoms with van der Waals surface area (Å²) in [5.74, 6) is 0.521. The molecule has 0 saturated heterocycles. The van der Waals surface area contributed by atoms with Crippen molar-refractivity contribution in [1.29, 1.82) is 0 Å². The zero-order valence-electron chi connectivity index (χ0n) is 7.54. The Balaban J connectivity index is 2.71. The van der Waals surface area contributed by atoms with Gasteiger partial charge >= 0.3 is 0 Å². The molecular weight excluding hydrogens is 176 g/mol. The molecule has 72 valence electrons. The molecule has 0 aliphatic rings. The Morgan fingerprint density at radius 3 is 2.69 bits per heavy atom. The van der Waals surface area contributed by atoms with Crippen LogP contribution < -0.4 is 4.90 Å². The summed E-state index contributed by atoms with van der Waals surface area (Å²) in [7, 11) is 1.58. The van der Waals surface area contributed by atoms with Crippen LogP contribution in [0.5, 0.6) is 0 Å². The van der Waals surface area contributed by atoms with Crippen molar-refractivity contribution in [3.63, 3.8) is 0 Å². The van der Waals surface area contributed by atoms with E-state index < -0.39 is 6.43 Å². The molecule has 5 heteroatoms. The largest absolute Gasteiger partial charge is 0.354 e. The van der Waals surface area contributed by atoms with Crippen LogP contribution in [-0.4, -0.2) is 30.0 Å². The van der Waals surface area contributed by atoms with Gasteiger partial charge in [0.1, 0.15) is 12.1 Å². The molecule has 0 aromatic carbocycles. The lowest BCUT2D eigenvalue weighted by Gasteiger charge is -2.16. The zero-order chi connectivity index (χ0) is 9.84. The van der Waals surface area contributed by atoms with Gasteiger partial charge in [0.2, 0.25) is 0 Å². The number of alkyl halides is 2. The van der Waals surface area contributed by atoms with Crippen molar-refractivity contribution in [3.05, 3.63) is 18.1 Å². The second-order valence-electron chi connectivity index (χ2n) is 2.79. The van der Waals surface area contributed by atoms with E-state index in [1.54, 1.807) is 20.0 Å². The first kappa shape index (κ1) is 9.83. The first-order chi connectivity index (χ1) is 6.09. The van der Waals surface area contributed by atoms with E-state index in [2.05, 4.69) is 9.97 Å². The number of aryl methyl sites for hydroxylation is 1. The molecule has 3 nitrogen and oxygen atoms in total. The maximum atomic E-state index is 12.0. The summed E-state index contributed by atoms with van der Waals surface area (Å²) in [6.45, 7) is 1.48. The maximum Gasteiger partial charge on any atom is 0.255 e. The van der Waals surface area contributed by atoms with E-state index in [4.69, 9.17) is 0 Å². The van der Waals surface area contributed by atoms with Crippen LogP contribution in [0.1, 0.15) is 5.69 Å². The number of nitrogens with zero attached hydrogens (tertiary/aromatic N) is 3. The normalized spacial score (nSPS) is 10.5. The minimum atomic E-state index is -2.35. The predicted octanol–water partition coefficient (Wildman–Crippen LogP) is 1.49. The standard InChI is InChI=1S/C8H11F2N3/c1-6-3-8(12-5-11-6)13(2)4-7(9)10/h3,5,7H,4H2,1-2H3. The van der Waals surface area contributed by atoms with Crippen LogP contribution in [0.15, 0.2) is 12.4 Å². The molecule has 1 aromatic heterocycles. The first-order valence-corrected chi connectivity index (χ1v) is 3.87. The highest BCUT2D eigenvalue weighted by atomic mass is 19.3. The Hall–Kier alpha value is -1.26. The van der Waals surface area contributed by atoms with Crippen LogP contribution >= 0.6 is 0 Å². The highest BCUT2D eigenvalue weighted by molar-refractivity contribution is 5.37. The van der Waals surface area contributed by atoms with Crippen molar-refractivity contribution >= 4 is 5.82 Å². The van der Waals surface area contributed by atoms with Crippen LogP contribution in [-0.2, 0) is 0 Å². The molecule has 0 spiro atoms. The summed E-state index contributed by atoms with van der Waals surface area (Å²) in [6.07, 6.45) is -0.979. The smallest absolute Gasteiger partial charge is 0.255 e. The van der Waals surface area contributed by atoms with Crippen molar-refractivity contribution in [3.8, 4) is 0 Å². The van der Waals surface area contributed by atoms with E-state index in [9.17, 15) is 8.78 Å². The van der Waals surface area contributed by atoms with Gasteiger partial charge in [0.15, 0.2) is 0 Å². The van der Waals surface area contributed by atoms with Crippen LogP contribution in [0, 0.1) is 6.92 Å². The summed E-state index contributed by atoms with van der Waals surface area (Å²) in [4.78, 5) is 9.15. The summed E-state index contributed by atoms with van der Waals surface area (Å²) < 4.78 is 24.0. The number of anilines is 1. The zero-order valence-corrected chi connectivity index (χ0v) is 7.54. The average molecular weight is 187 g/mol. The van der Waals surface area contributed by atoms with E-state index in [1.807, 2.05) is 0 Å².